The van der Waals surface area contributed by atoms with Crippen LogP contribution in [-0.4, -0.2) is 11.5 Å². The van der Waals surface area contributed by atoms with Gasteiger partial charge in [0.15, 0.2) is 0 Å². The zero-order chi connectivity index (χ0) is 34.6. The fourth-order valence-corrected chi connectivity index (χ4v) is 8.79. The predicted octanol–water partition coefficient (Wildman–Crippen LogP) is 11.3. The summed E-state index contributed by atoms with van der Waals surface area (Å²) in [7, 11) is 0. The second-order valence-corrected chi connectivity index (χ2v) is 13.9. The maximum absolute atomic E-state index is 7.01. The summed E-state index contributed by atoms with van der Waals surface area (Å²) in [6, 6.07) is 59.9. The second kappa shape index (κ2) is 10.8. The average molecular weight is 678 g/mol. The molecule has 5 heteroatoms. The normalized spacial score (nSPS) is 12.8. The van der Waals surface area contributed by atoms with Gasteiger partial charge >= 0.3 is 6.92 Å². The van der Waals surface area contributed by atoms with E-state index in [1.165, 1.54) is 21.8 Å². The highest BCUT2D eigenvalue weighted by molar-refractivity contribution is 6.84. The highest BCUT2D eigenvalue weighted by Gasteiger charge is 2.41. The van der Waals surface area contributed by atoms with E-state index in [9.17, 15) is 0 Å². The van der Waals surface area contributed by atoms with Crippen molar-refractivity contribution in [1.29, 1.82) is 0 Å². The number of benzene rings is 8. The van der Waals surface area contributed by atoms with Crippen molar-refractivity contribution in [2.75, 3.05) is 0 Å². The van der Waals surface area contributed by atoms with E-state index >= 15 is 0 Å². The van der Waals surface area contributed by atoms with Gasteiger partial charge in [0.05, 0.1) is 16.7 Å². The molecule has 0 N–H and O–H groups in total. The molecule has 0 saturated carbocycles. The number of ether oxygens (including phenoxy) is 1. The van der Waals surface area contributed by atoms with Crippen LogP contribution in [0.5, 0.6) is 17.2 Å². The molecule has 2 aliphatic rings. The minimum absolute atomic E-state index is 0.306. The van der Waals surface area contributed by atoms with Gasteiger partial charge in [0.2, 0.25) is 0 Å². The number of hydrogen-bond donors (Lipinski definition) is 0. The highest BCUT2D eigenvalue weighted by atomic mass is 16.5. The van der Waals surface area contributed by atoms with Gasteiger partial charge in [0, 0.05) is 43.6 Å². The van der Waals surface area contributed by atoms with Crippen LogP contribution in [0.1, 0.15) is 0 Å². The van der Waals surface area contributed by atoms with E-state index in [1.807, 2.05) is 24.3 Å². The van der Waals surface area contributed by atoms with Crippen molar-refractivity contribution in [3.63, 3.8) is 0 Å². The average Bonchev–Trinajstić information content (AvgIpc) is 3.76. The largest absolute Gasteiger partial charge is 0.551 e. The van der Waals surface area contributed by atoms with E-state index in [-0.39, 0.29) is 6.92 Å². The first-order chi connectivity index (χ1) is 26.3. The zero-order valence-corrected chi connectivity index (χ0v) is 28.4. The molecule has 12 rings (SSSR count). The molecule has 0 bridgehead atoms. The van der Waals surface area contributed by atoms with Crippen LogP contribution in [0.3, 0.4) is 0 Å². The Morgan fingerprint density at radius 2 is 1.09 bits per heavy atom. The Morgan fingerprint density at radius 3 is 1.94 bits per heavy atom. The summed E-state index contributed by atoms with van der Waals surface area (Å²) in [6.07, 6.45) is 0. The number of furan rings is 1. The molecule has 0 aliphatic carbocycles. The van der Waals surface area contributed by atoms with Gasteiger partial charge in [-0.1, -0.05) is 115 Å². The molecule has 0 spiro atoms. The van der Waals surface area contributed by atoms with Gasteiger partial charge in [-0.2, -0.15) is 0 Å². The predicted molar refractivity (Wildman–Crippen MR) is 217 cm³/mol. The lowest BCUT2D eigenvalue weighted by molar-refractivity contribution is 0.480. The van der Waals surface area contributed by atoms with Gasteiger partial charge in [-0.25, -0.2) is 0 Å². The molecular formula is C48H28BNO3. The van der Waals surface area contributed by atoms with Crippen molar-refractivity contribution < 1.29 is 13.8 Å². The van der Waals surface area contributed by atoms with Gasteiger partial charge in [-0.15, -0.1) is 0 Å². The summed E-state index contributed by atoms with van der Waals surface area (Å²) in [5, 5.41) is 4.68. The Balaban J connectivity index is 1.05. The van der Waals surface area contributed by atoms with Crippen LogP contribution >= 0.6 is 0 Å². The van der Waals surface area contributed by atoms with Crippen LogP contribution in [0.25, 0.3) is 82.8 Å². The van der Waals surface area contributed by atoms with Crippen LogP contribution in [0, 0.1) is 0 Å². The number of fused-ring (bicyclic) bond motifs is 10. The van der Waals surface area contributed by atoms with Crippen LogP contribution in [0.4, 0.5) is 0 Å². The summed E-state index contributed by atoms with van der Waals surface area (Å²) >= 11 is 0. The molecule has 0 amide bonds. The molecule has 0 atom stereocenters. The number of para-hydroxylation sites is 5. The van der Waals surface area contributed by atoms with E-state index in [1.54, 1.807) is 0 Å². The molecule has 0 fully saturated rings. The maximum atomic E-state index is 7.01. The molecule has 2 aromatic heterocycles. The lowest BCUT2D eigenvalue weighted by Crippen LogP contribution is -2.53. The number of hydrogen-bond acceptors (Lipinski definition) is 3. The minimum atomic E-state index is -0.306. The zero-order valence-electron chi connectivity index (χ0n) is 28.4. The molecule has 53 heavy (non-hydrogen) atoms. The van der Waals surface area contributed by atoms with Crippen LogP contribution in [-0.2, 0) is 0 Å². The van der Waals surface area contributed by atoms with Gasteiger partial charge in [0.25, 0.3) is 0 Å². The second-order valence-electron chi connectivity index (χ2n) is 13.9. The Morgan fingerprint density at radius 1 is 0.434 bits per heavy atom. The molecule has 8 aromatic carbocycles. The SMILES string of the molecule is c1ccc2c(c1)OB1c3ccc(-c4ccccc4-n4c5ccccc5c5ccccc54)cc3Oc3cc(-c4cccc5oc6ccccc6c45)cc-2c31. The number of nitrogens with zero attached hydrogens (tertiary/aromatic N) is 1. The van der Waals surface area contributed by atoms with Crippen molar-refractivity contribution in [2.45, 2.75) is 0 Å². The maximum Gasteiger partial charge on any atom is 0.434 e. The van der Waals surface area contributed by atoms with Crippen LogP contribution < -0.4 is 20.3 Å². The van der Waals surface area contributed by atoms with Crippen molar-refractivity contribution in [3.05, 3.63) is 170 Å². The van der Waals surface area contributed by atoms with Gasteiger partial charge in [-0.05, 0) is 76.9 Å². The summed E-state index contributed by atoms with van der Waals surface area (Å²) in [5.41, 5.74) is 13.9. The molecule has 0 unspecified atom stereocenters. The molecule has 0 saturated heterocycles. The lowest BCUT2D eigenvalue weighted by atomic mass is 9.50. The van der Waals surface area contributed by atoms with Crippen molar-refractivity contribution >= 4 is 61.6 Å². The monoisotopic (exact) mass is 677 g/mol. The van der Waals surface area contributed by atoms with E-state index in [0.717, 1.165) is 89.2 Å². The standard InChI is InChI=1S/C48H28BNO3/c1-6-18-39(50-40-19-7-2-13-33(40)34-14-3-8-20-41(34)50)31(12-1)29-24-25-38-45(27-29)52-46-28-30(26-37-35-15-4-10-22-43(35)53-49(38)48(37)46)32-17-11-23-44-47(32)36-16-5-9-21-42(36)51-44/h1-28H. The third kappa shape index (κ3) is 4.07. The number of rotatable bonds is 3. The van der Waals surface area contributed by atoms with Crippen molar-refractivity contribution in [2.24, 2.45) is 0 Å². The molecule has 4 nitrogen and oxygen atoms in total. The Hall–Kier alpha value is -6.98. The van der Waals surface area contributed by atoms with Gasteiger partial charge in [0.1, 0.15) is 28.4 Å². The fraction of sp³-hybridized carbons (Fsp3) is 0. The van der Waals surface area contributed by atoms with Gasteiger partial charge in [-0.3, -0.25) is 0 Å². The van der Waals surface area contributed by atoms with E-state index in [0.29, 0.717) is 0 Å². The molecule has 246 valence electrons. The van der Waals surface area contributed by atoms with E-state index in [2.05, 4.69) is 150 Å². The summed E-state index contributed by atoms with van der Waals surface area (Å²) < 4.78 is 22.5. The van der Waals surface area contributed by atoms with Crippen molar-refractivity contribution in [1.82, 2.24) is 4.57 Å². The third-order valence-corrected chi connectivity index (χ3v) is 11.1. The third-order valence-electron chi connectivity index (χ3n) is 11.1. The Kier molecular flexibility index (Phi) is 5.83. The summed E-state index contributed by atoms with van der Waals surface area (Å²) in [4.78, 5) is 0. The molecule has 10 aromatic rings. The first-order valence-corrected chi connectivity index (χ1v) is 18.0. The van der Waals surface area contributed by atoms with Gasteiger partial charge < -0.3 is 18.4 Å². The van der Waals surface area contributed by atoms with E-state index in [4.69, 9.17) is 13.8 Å². The molecule has 0 radical (unpaired) electrons. The smallest absolute Gasteiger partial charge is 0.434 e. The molecule has 2 aliphatic heterocycles. The number of aromatic nitrogens is 1. The molecular weight excluding hydrogens is 649 g/mol. The fourth-order valence-electron chi connectivity index (χ4n) is 8.79. The lowest BCUT2D eigenvalue weighted by Gasteiger charge is -2.33. The molecule has 4 heterocycles. The summed E-state index contributed by atoms with van der Waals surface area (Å²) in [6.45, 7) is -0.306. The van der Waals surface area contributed by atoms with E-state index < -0.39 is 0 Å². The Labute approximate surface area is 305 Å². The van der Waals surface area contributed by atoms with Crippen molar-refractivity contribution in [3.8, 4) is 56.3 Å². The quantitative estimate of drug-likeness (QED) is 0.175. The van der Waals surface area contributed by atoms with Crippen LogP contribution in [0.15, 0.2) is 174 Å². The first kappa shape index (κ1) is 28.7. The summed E-state index contributed by atoms with van der Waals surface area (Å²) in [5.74, 6) is 2.47. The highest BCUT2D eigenvalue weighted by Crippen LogP contribution is 2.45. The topological polar surface area (TPSA) is 36.5 Å². The van der Waals surface area contributed by atoms with Crippen LogP contribution in [0.2, 0.25) is 0 Å². The first-order valence-electron chi connectivity index (χ1n) is 18.0. The Bertz CT molecular complexity index is 3100. The minimum Gasteiger partial charge on any atom is -0.551 e.